The van der Waals surface area contributed by atoms with E-state index < -0.39 is 0 Å². The molecular weight excluding hydrogens is 288 g/mol. The molecule has 0 amide bonds. The minimum absolute atomic E-state index is 0.0290. The van der Waals surface area contributed by atoms with Crippen LogP contribution in [0, 0.1) is 6.92 Å². The Morgan fingerprint density at radius 3 is 2.61 bits per heavy atom. The number of hydrogen-bond acceptors (Lipinski definition) is 3. The maximum absolute atomic E-state index is 13.1. The third-order valence-electron chi connectivity index (χ3n) is 4.78. The normalized spacial score (nSPS) is 15.4. The molecule has 1 aliphatic rings. The Balaban J connectivity index is 2.08. The van der Waals surface area contributed by atoms with E-state index in [4.69, 9.17) is 9.15 Å². The topological polar surface area (TPSA) is 39.4 Å². The fourth-order valence-electron chi connectivity index (χ4n) is 3.50. The molecule has 3 heteroatoms. The summed E-state index contributed by atoms with van der Waals surface area (Å²) in [5, 5.41) is 0.902. The molecule has 3 aromatic rings. The Bertz CT molecular complexity index is 960. The van der Waals surface area contributed by atoms with Gasteiger partial charge in [-0.15, -0.1) is 0 Å². The van der Waals surface area contributed by atoms with Crippen LogP contribution >= 0.6 is 0 Å². The van der Waals surface area contributed by atoms with Crippen LogP contribution in [-0.4, -0.2) is 12.9 Å². The molecule has 3 nitrogen and oxygen atoms in total. The zero-order valence-corrected chi connectivity index (χ0v) is 13.7. The molecule has 1 aromatic heterocycles. The summed E-state index contributed by atoms with van der Waals surface area (Å²) in [6.45, 7) is 6.20. The number of ketones is 1. The molecule has 116 valence electrons. The van der Waals surface area contributed by atoms with Gasteiger partial charge in [0.15, 0.2) is 5.78 Å². The minimum Gasteiger partial charge on any atom is -0.497 e. The van der Waals surface area contributed by atoms with E-state index in [1.807, 2.05) is 43.3 Å². The van der Waals surface area contributed by atoms with E-state index >= 15 is 0 Å². The first kappa shape index (κ1) is 14.1. The van der Waals surface area contributed by atoms with E-state index in [2.05, 4.69) is 13.8 Å². The van der Waals surface area contributed by atoms with Crippen molar-refractivity contribution in [3.8, 4) is 5.75 Å². The predicted octanol–water partition coefficient (Wildman–Crippen LogP) is 4.62. The summed E-state index contributed by atoms with van der Waals surface area (Å²) in [5.41, 5.74) is 3.87. The van der Waals surface area contributed by atoms with Crippen LogP contribution in [0.3, 0.4) is 0 Å². The molecule has 0 bridgehead atoms. The van der Waals surface area contributed by atoms with Crippen molar-refractivity contribution in [1.29, 1.82) is 0 Å². The van der Waals surface area contributed by atoms with E-state index in [1.165, 1.54) is 0 Å². The van der Waals surface area contributed by atoms with E-state index in [9.17, 15) is 4.79 Å². The fourth-order valence-corrected chi connectivity index (χ4v) is 3.50. The number of benzene rings is 2. The van der Waals surface area contributed by atoms with Gasteiger partial charge in [0.05, 0.1) is 12.7 Å². The highest BCUT2D eigenvalue weighted by Gasteiger charge is 2.41. The molecule has 0 saturated heterocycles. The molecule has 0 radical (unpaired) electrons. The molecule has 1 heterocycles. The predicted molar refractivity (Wildman–Crippen MR) is 89.5 cm³/mol. The number of carbonyl (C=O) groups excluding carboxylic acids is 1. The van der Waals surface area contributed by atoms with Crippen molar-refractivity contribution in [2.24, 2.45) is 0 Å². The summed E-state index contributed by atoms with van der Waals surface area (Å²) < 4.78 is 11.4. The first-order chi connectivity index (χ1) is 10.9. The highest BCUT2D eigenvalue weighted by Crippen LogP contribution is 2.46. The monoisotopic (exact) mass is 306 g/mol. The molecule has 0 fully saturated rings. The smallest absolute Gasteiger partial charge is 0.197 e. The third kappa shape index (κ3) is 1.79. The van der Waals surface area contributed by atoms with Gasteiger partial charge in [-0.25, -0.2) is 0 Å². The lowest BCUT2D eigenvalue weighted by Crippen LogP contribution is -2.29. The molecule has 23 heavy (non-hydrogen) atoms. The highest BCUT2D eigenvalue weighted by molar-refractivity contribution is 6.19. The largest absolute Gasteiger partial charge is 0.497 e. The van der Waals surface area contributed by atoms with Gasteiger partial charge in [-0.05, 0) is 56.7 Å². The number of aryl methyl sites for hydroxylation is 1. The van der Waals surface area contributed by atoms with Crippen LogP contribution in [0.15, 0.2) is 40.8 Å². The number of hydrogen-bond donors (Lipinski definition) is 0. The number of ether oxygens (including phenoxy) is 1. The van der Waals surface area contributed by atoms with Gasteiger partial charge in [-0.3, -0.25) is 4.79 Å². The summed E-state index contributed by atoms with van der Waals surface area (Å²) in [6.07, 6.45) is 0. The number of methoxy groups -OCH3 is 1. The quantitative estimate of drug-likeness (QED) is 0.658. The lowest BCUT2D eigenvalue weighted by atomic mass is 9.71. The average Bonchev–Trinajstić information content (AvgIpc) is 2.92. The van der Waals surface area contributed by atoms with E-state index in [-0.39, 0.29) is 11.2 Å². The van der Waals surface area contributed by atoms with Crippen LogP contribution < -0.4 is 4.74 Å². The Kier molecular flexibility index (Phi) is 2.74. The first-order valence-corrected chi connectivity index (χ1v) is 7.70. The van der Waals surface area contributed by atoms with Crippen LogP contribution in [0.2, 0.25) is 0 Å². The Morgan fingerprint density at radius 1 is 1.09 bits per heavy atom. The van der Waals surface area contributed by atoms with Crippen molar-refractivity contribution in [2.45, 2.75) is 26.2 Å². The summed E-state index contributed by atoms with van der Waals surface area (Å²) in [6, 6.07) is 11.6. The Morgan fingerprint density at radius 2 is 1.87 bits per heavy atom. The molecule has 0 unspecified atom stereocenters. The zero-order valence-electron chi connectivity index (χ0n) is 13.7. The van der Waals surface area contributed by atoms with Gasteiger partial charge in [0, 0.05) is 16.4 Å². The molecule has 0 spiro atoms. The molecule has 2 aromatic carbocycles. The molecule has 0 saturated carbocycles. The van der Waals surface area contributed by atoms with Crippen molar-refractivity contribution >= 4 is 16.8 Å². The molecule has 0 N–H and O–H groups in total. The molecule has 0 atom stereocenters. The van der Waals surface area contributed by atoms with Gasteiger partial charge >= 0.3 is 0 Å². The second kappa shape index (κ2) is 4.48. The number of fused-ring (bicyclic) bond motifs is 4. The third-order valence-corrected chi connectivity index (χ3v) is 4.78. The zero-order chi connectivity index (χ0) is 16.4. The number of furan rings is 1. The van der Waals surface area contributed by atoms with Gasteiger partial charge < -0.3 is 9.15 Å². The first-order valence-electron chi connectivity index (χ1n) is 7.70. The van der Waals surface area contributed by atoms with Crippen LogP contribution in [0.25, 0.3) is 11.0 Å². The van der Waals surface area contributed by atoms with Gasteiger partial charge in [0.25, 0.3) is 0 Å². The summed E-state index contributed by atoms with van der Waals surface area (Å²) in [4.78, 5) is 13.1. The van der Waals surface area contributed by atoms with Crippen LogP contribution in [-0.2, 0) is 5.41 Å². The molecule has 1 aliphatic carbocycles. The maximum atomic E-state index is 13.1. The highest BCUT2D eigenvalue weighted by atomic mass is 16.5. The van der Waals surface area contributed by atoms with E-state index in [1.54, 1.807) is 7.11 Å². The van der Waals surface area contributed by atoms with Crippen molar-refractivity contribution in [2.75, 3.05) is 7.11 Å². The molecule has 0 aliphatic heterocycles. The Labute approximate surface area is 134 Å². The van der Waals surface area contributed by atoms with Gasteiger partial charge in [0.1, 0.15) is 17.1 Å². The summed E-state index contributed by atoms with van der Waals surface area (Å²) in [7, 11) is 1.63. The number of carbonyl (C=O) groups is 1. The second-order valence-electron chi connectivity index (χ2n) is 6.67. The summed E-state index contributed by atoms with van der Waals surface area (Å²) in [5.74, 6) is 1.52. The number of rotatable bonds is 1. The van der Waals surface area contributed by atoms with E-state index in [0.29, 0.717) is 5.56 Å². The van der Waals surface area contributed by atoms with Crippen molar-refractivity contribution < 1.29 is 13.9 Å². The van der Waals surface area contributed by atoms with Crippen molar-refractivity contribution in [1.82, 2.24) is 0 Å². The fraction of sp³-hybridized carbons (Fsp3) is 0.250. The standard InChI is InChI=1S/C20H18O3/c1-11-5-8-16-14(9-11)17-18(21)13-7-6-12(22-4)10-15(13)20(2,3)19(17)23-16/h5-10H,1-4H3. The van der Waals surface area contributed by atoms with Gasteiger partial charge in [-0.2, -0.15) is 0 Å². The lowest BCUT2D eigenvalue weighted by molar-refractivity contribution is 0.102. The van der Waals surface area contributed by atoms with E-state index in [0.717, 1.165) is 39.2 Å². The van der Waals surface area contributed by atoms with Crippen molar-refractivity contribution in [3.63, 3.8) is 0 Å². The van der Waals surface area contributed by atoms with Crippen molar-refractivity contribution in [3.05, 3.63) is 64.4 Å². The summed E-state index contributed by atoms with van der Waals surface area (Å²) >= 11 is 0. The van der Waals surface area contributed by atoms with Gasteiger partial charge in [0.2, 0.25) is 0 Å². The second-order valence-corrected chi connectivity index (χ2v) is 6.67. The molecular formula is C20H18O3. The lowest BCUT2D eigenvalue weighted by Gasteiger charge is -2.30. The maximum Gasteiger partial charge on any atom is 0.197 e. The van der Waals surface area contributed by atoms with Crippen LogP contribution in [0.5, 0.6) is 5.75 Å². The van der Waals surface area contributed by atoms with Crippen LogP contribution in [0.1, 0.15) is 46.7 Å². The average molecular weight is 306 g/mol. The Hall–Kier alpha value is -2.55. The van der Waals surface area contributed by atoms with Crippen LogP contribution in [0.4, 0.5) is 0 Å². The SMILES string of the molecule is COc1ccc2c(c1)C(C)(C)c1oc3ccc(C)cc3c1C2=O. The molecule has 4 rings (SSSR count). The minimum atomic E-state index is -0.389. The van der Waals surface area contributed by atoms with Gasteiger partial charge in [-0.1, -0.05) is 11.6 Å².